The molecule has 0 saturated heterocycles. The van der Waals surface area contributed by atoms with Crippen LogP contribution < -0.4 is 10.4 Å². The van der Waals surface area contributed by atoms with E-state index in [1.54, 1.807) is 0 Å². The molecule has 0 aliphatic heterocycles. The van der Waals surface area contributed by atoms with Gasteiger partial charge in [0.1, 0.15) is 12.2 Å². The summed E-state index contributed by atoms with van der Waals surface area (Å²) in [6.45, 7) is 6.13. The summed E-state index contributed by atoms with van der Waals surface area (Å²) in [5.74, 6) is -0.515. The highest BCUT2D eigenvalue weighted by atomic mass is 28.4. The van der Waals surface area contributed by atoms with Crippen LogP contribution in [0.25, 0.3) is 0 Å². The van der Waals surface area contributed by atoms with E-state index < -0.39 is 32.5 Å². The molecule has 0 aliphatic rings. The summed E-state index contributed by atoms with van der Waals surface area (Å²) in [6.07, 6.45) is -4.78. The van der Waals surface area contributed by atoms with Crippen molar-refractivity contribution >= 4 is 24.6 Å². The molecule has 32 heavy (non-hydrogen) atoms. The zero-order valence-electron chi connectivity index (χ0n) is 19.4. The Labute approximate surface area is 191 Å². The zero-order chi connectivity index (χ0) is 23.9. The Morgan fingerprint density at radius 2 is 1.41 bits per heavy atom. The van der Waals surface area contributed by atoms with Crippen LogP contribution in [0.4, 0.5) is 0 Å². The maximum absolute atomic E-state index is 12.0. The SMILES string of the molecule is CON(C)C(=O)C[C@@H](O)[C@H](O)[C@H](O)CO[Si](c1ccccc1)(c1ccccc1)C(C)(C)C. The number of carbonyl (C=O) groups is 1. The van der Waals surface area contributed by atoms with E-state index >= 15 is 0 Å². The molecule has 0 saturated carbocycles. The summed E-state index contributed by atoms with van der Waals surface area (Å²) in [4.78, 5) is 16.7. The fraction of sp³-hybridized carbons (Fsp3) is 0.458. The minimum atomic E-state index is -2.90. The van der Waals surface area contributed by atoms with Gasteiger partial charge in [0.25, 0.3) is 8.32 Å². The van der Waals surface area contributed by atoms with Crippen LogP contribution in [0.2, 0.25) is 5.04 Å². The van der Waals surface area contributed by atoms with Crippen LogP contribution in [0.15, 0.2) is 60.7 Å². The Morgan fingerprint density at radius 3 is 1.81 bits per heavy atom. The Hall–Kier alpha value is -2.07. The number of aliphatic hydroxyl groups is 3. The highest BCUT2D eigenvalue weighted by molar-refractivity contribution is 6.99. The van der Waals surface area contributed by atoms with Gasteiger partial charge in [-0.2, -0.15) is 0 Å². The van der Waals surface area contributed by atoms with Crippen LogP contribution in [-0.4, -0.2) is 73.7 Å². The maximum atomic E-state index is 12.0. The molecule has 8 heteroatoms. The molecule has 0 radical (unpaired) electrons. The second kappa shape index (κ2) is 11.2. The van der Waals surface area contributed by atoms with Crippen molar-refractivity contribution in [3.05, 3.63) is 60.7 Å². The Morgan fingerprint density at radius 1 is 0.938 bits per heavy atom. The molecule has 176 valence electrons. The van der Waals surface area contributed by atoms with Gasteiger partial charge >= 0.3 is 0 Å². The molecule has 0 unspecified atom stereocenters. The molecule has 3 N–H and O–H groups in total. The van der Waals surface area contributed by atoms with Gasteiger partial charge in [0.2, 0.25) is 5.91 Å². The van der Waals surface area contributed by atoms with E-state index in [0.717, 1.165) is 15.4 Å². The molecule has 0 heterocycles. The van der Waals surface area contributed by atoms with E-state index in [9.17, 15) is 20.1 Å². The van der Waals surface area contributed by atoms with Crippen LogP contribution in [0.5, 0.6) is 0 Å². The predicted molar refractivity (Wildman–Crippen MR) is 126 cm³/mol. The Kier molecular flexibility index (Phi) is 9.14. The van der Waals surface area contributed by atoms with Gasteiger partial charge in [0.15, 0.2) is 0 Å². The number of aliphatic hydroxyl groups excluding tert-OH is 3. The first kappa shape index (κ1) is 26.2. The quantitative estimate of drug-likeness (QED) is 0.361. The normalized spacial score (nSPS) is 15.1. The highest BCUT2D eigenvalue weighted by Crippen LogP contribution is 2.36. The molecule has 3 atom stereocenters. The van der Waals surface area contributed by atoms with E-state index in [-0.39, 0.29) is 18.1 Å². The van der Waals surface area contributed by atoms with Crippen molar-refractivity contribution in [2.75, 3.05) is 20.8 Å². The summed E-state index contributed by atoms with van der Waals surface area (Å²) >= 11 is 0. The highest BCUT2D eigenvalue weighted by Gasteiger charge is 2.50. The van der Waals surface area contributed by atoms with Crippen molar-refractivity contribution in [1.29, 1.82) is 0 Å². The van der Waals surface area contributed by atoms with Crippen LogP contribution in [0.3, 0.4) is 0 Å². The molecule has 2 aromatic rings. The average molecular weight is 462 g/mol. The van der Waals surface area contributed by atoms with E-state index in [4.69, 9.17) is 9.26 Å². The minimum Gasteiger partial charge on any atom is -0.405 e. The van der Waals surface area contributed by atoms with Gasteiger partial charge in [0, 0.05) is 7.05 Å². The number of benzene rings is 2. The molecule has 0 bridgehead atoms. The van der Waals surface area contributed by atoms with Gasteiger partial charge in [-0.05, 0) is 15.4 Å². The summed E-state index contributed by atoms with van der Waals surface area (Å²) in [7, 11) is -0.163. The van der Waals surface area contributed by atoms with Crippen molar-refractivity contribution in [2.24, 2.45) is 0 Å². The molecule has 0 spiro atoms. The third-order valence-corrected chi connectivity index (χ3v) is 10.7. The van der Waals surface area contributed by atoms with Crippen molar-refractivity contribution < 1.29 is 29.4 Å². The molecule has 1 amide bonds. The predicted octanol–water partition coefficient (Wildman–Crippen LogP) is 1.06. The number of hydroxylamine groups is 2. The number of hydrogen-bond acceptors (Lipinski definition) is 6. The third-order valence-electron chi connectivity index (χ3n) is 5.68. The molecule has 0 aliphatic carbocycles. The molecule has 2 aromatic carbocycles. The first-order chi connectivity index (χ1) is 15.0. The van der Waals surface area contributed by atoms with Crippen molar-refractivity contribution in [1.82, 2.24) is 5.06 Å². The first-order valence-electron chi connectivity index (χ1n) is 10.6. The summed E-state index contributed by atoms with van der Waals surface area (Å²) in [5.41, 5.74) is 0. The number of amides is 1. The lowest BCUT2D eigenvalue weighted by atomic mass is 10.1. The van der Waals surface area contributed by atoms with E-state index in [2.05, 4.69) is 20.8 Å². The van der Waals surface area contributed by atoms with Gasteiger partial charge in [0.05, 0.1) is 26.2 Å². The van der Waals surface area contributed by atoms with Gasteiger partial charge in [-0.25, -0.2) is 5.06 Å². The number of rotatable bonds is 10. The topological polar surface area (TPSA) is 99.5 Å². The standard InChI is InChI=1S/C24H35NO6Si/c1-24(2,3)32(18-12-8-6-9-13-18,19-14-10-7-11-15-19)31-17-21(27)23(29)20(26)16-22(28)25(4)30-5/h6-15,20-21,23,26-27,29H,16-17H2,1-5H3/t20-,21-,23+/m1/s1. The largest absolute Gasteiger partial charge is 0.405 e. The zero-order valence-corrected chi connectivity index (χ0v) is 20.4. The number of carbonyl (C=O) groups excluding carboxylic acids is 1. The van der Waals surface area contributed by atoms with Gasteiger partial charge in [-0.15, -0.1) is 0 Å². The van der Waals surface area contributed by atoms with Gasteiger partial charge in [-0.3, -0.25) is 9.63 Å². The second-order valence-electron chi connectivity index (χ2n) is 8.88. The van der Waals surface area contributed by atoms with Crippen LogP contribution in [-0.2, 0) is 14.1 Å². The summed E-state index contributed by atoms with van der Waals surface area (Å²) in [5, 5.41) is 34.1. The smallest absolute Gasteiger partial charge is 0.261 e. The van der Waals surface area contributed by atoms with Crippen molar-refractivity contribution in [3.63, 3.8) is 0 Å². The molecule has 7 nitrogen and oxygen atoms in total. The van der Waals surface area contributed by atoms with Crippen LogP contribution in [0.1, 0.15) is 27.2 Å². The van der Waals surface area contributed by atoms with E-state index in [1.165, 1.54) is 14.2 Å². The molecule has 0 aromatic heterocycles. The molecule has 2 rings (SSSR count). The maximum Gasteiger partial charge on any atom is 0.261 e. The molecular formula is C24H35NO6Si. The summed E-state index contributed by atoms with van der Waals surface area (Å²) < 4.78 is 6.57. The monoisotopic (exact) mass is 461 g/mol. The average Bonchev–Trinajstić information content (AvgIpc) is 2.78. The Balaban J connectivity index is 2.30. The molecular weight excluding hydrogens is 426 g/mol. The number of nitrogens with zero attached hydrogens (tertiary/aromatic N) is 1. The van der Waals surface area contributed by atoms with Crippen LogP contribution >= 0.6 is 0 Å². The minimum absolute atomic E-state index is 0.195. The molecule has 0 fully saturated rings. The lowest BCUT2D eigenvalue weighted by Gasteiger charge is -2.43. The summed E-state index contributed by atoms with van der Waals surface area (Å²) in [6, 6.07) is 19.8. The van der Waals surface area contributed by atoms with Crippen molar-refractivity contribution in [2.45, 2.75) is 50.5 Å². The Bertz CT molecular complexity index is 803. The van der Waals surface area contributed by atoms with Crippen molar-refractivity contribution in [3.8, 4) is 0 Å². The first-order valence-corrected chi connectivity index (χ1v) is 12.5. The second-order valence-corrected chi connectivity index (χ2v) is 13.2. The lowest BCUT2D eigenvalue weighted by molar-refractivity contribution is -0.173. The van der Waals surface area contributed by atoms with Gasteiger partial charge in [-0.1, -0.05) is 81.4 Å². The fourth-order valence-electron chi connectivity index (χ4n) is 3.86. The van der Waals surface area contributed by atoms with E-state index in [0.29, 0.717) is 0 Å². The fourth-order valence-corrected chi connectivity index (χ4v) is 8.43. The van der Waals surface area contributed by atoms with Gasteiger partial charge < -0.3 is 19.7 Å². The lowest BCUT2D eigenvalue weighted by Crippen LogP contribution is -2.67. The third kappa shape index (κ3) is 5.83. The number of hydrogen-bond donors (Lipinski definition) is 3. The van der Waals surface area contributed by atoms with E-state index in [1.807, 2.05) is 60.7 Å². The van der Waals surface area contributed by atoms with Crippen LogP contribution in [0, 0.1) is 0 Å².